The fraction of sp³-hybridized carbons (Fsp3) is 0.271. The van der Waals surface area contributed by atoms with Gasteiger partial charge in [-0.25, -0.2) is 0 Å². The maximum atomic E-state index is 12.9. The Kier molecular flexibility index (Phi) is 14.6. The average Bonchev–Trinajstić information content (AvgIpc) is 3.25. The summed E-state index contributed by atoms with van der Waals surface area (Å²) in [5.41, 5.74) is 0.125. The first kappa shape index (κ1) is 42.9. The second kappa shape index (κ2) is 19.8. The smallest absolute Gasteiger partial charge is 0.322 e. The standard InChI is InChI=1S/2C24H24O5/c2*1-24(23(27)28-2)21(26)16-19(15-20(25)18-11-7-4-8-12-18)29-22(24)14-13-17-9-5-3-6-10-17/h3-14,19,22H,15-16H2,1-2H3;3-15,19,22,25H,16H2,1-2H3/b14-13+;14-13+,20-15-/t2*19-,22-,24-/m11/s1. The Hall–Kier alpha value is -6.23. The largest absolute Gasteiger partial charge is 0.508 e. The Labute approximate surface area is 338 Å². The molecule has 2 aliphatic rings. The normalized spacial score (nSPS) is 24.8. The number of carbonyl (C=O) groups is 5. The lowest BCUT2D eigenvalue weighted by Crippen LogP contribution is -2.54. The molecule has 0 aromatic heterocycles. The minimum absolute atomic E-state index is 0.0140. The van der Waals surface area contributed by atoms with Crippen LogP contribution in [0.2, 0.25) is 0 Å². The Bertz CT molecular complexity index is 2130. The van der Waals surface area contributed by atoms with Gasteiger partial charge in [0.2, 0.25) is 0 Å². The van der Waals surface area contributed by atoms with Crippen LogP contribution in [0.25, 0.3) is 17.9 Å². The Balaban J connectivity index is 0.000000221. The molecule has 0 aliphatic carbocycles. The van der Waals surface area contributed by atoms with E-state index in [1.54, 1.807) is 54.6 Å². The van der Waals surface area contributed by atoms with Gasteiger partial charge < -0.3 is 24.1 Å². The van der Waals surface area contributed by atoms with Gasteiger partial charge in [-0.3, -0.25) is 24.0 Å². The van der Waals surface area contributed by atoms with Gasteiger partial charge in [0.25, 0.3) is 0 Å². The van der Waals surface area contributed by atoms with E-state index in [9.17, 15) is 29.1 Å². The van der Waals surface area contributed by atoms with Crippen molar-refractivity contribution in [3.63, 3.8) is 0 Å². The van der Waals surface area contributed by atoms with Crippen LogP contribution < -0.4 is 0 Å². The third-order valence-electron chi connectivity index (χ3n) is 10.4. The lowest BCUT2D eigenvalue weighted by molar-refractivity contribution is -0.177. The molecule has 0 radical (unpaired) electrons. The van der Waals surface area contributed by atoms with E-state index in [0.717, 1.165) is 11.1 Å². The molecule has 10 heteroatoms. The van der Waals surface area contributed by atoms with Crippen molar-refractivity contribution in [3.05, 3.63) is 162 Å². The van der Waals surface area contributed by atoms with Crippen LogP contribution in [0.3, 0.4) is 0 Å². The third kappa shape index (κ3) is 10.2. The molecule has 10 nitrogen and oxygen atoms in total. The highest BCUT2D eigenvalue weighted by Gasteiger charge is 2.54. The number of hydrogen-bond acceptors (Lipinski definition) is 10. The second-order valence-corrected chi connectivity index (χ2v) is 14.4. The minimum Gasteiger partial charge on any atom is -0.508 e. The zero-order valence-corrected chi connectivity index (χ0v) is 33.0. The van der Waals surface area contributed by atoms with Crippen LogP contribution in [-0.2, 0) is 38.1 Å². The van der Waals surface area contributed by atoms with Gasteiger partial charge in [0.1, 0.15) is 5.76 Å². The Morgan fingerprint density at radius 2 is 1.05 bits per heavy atom. The summed E-state index contributed by atoms with van der Waals surface area (Å²) in [6.45, 7) is 3.08. The number of ketones is 3. The van der Waals surface area contributed by atoms with Crippen molar-refractivity contribution in [2.75, 3.05) is 14.2 Å². The van der Waals surface area contributed by atoms with E-state index in [2.05, 4.69) is 0 Å². The molecule has 0 unspecified atom stereocenters. The highest BCUT2D eigenvalue weighted by molar-refractivity contribution is 6.06. The molecule has 6 rings (SSSR count). The van der Waals surface area contributed by atoms with Crippen LogP contribution in [0.1, 0.15) is 60.2 Å². The molecule has 0 bridgehead atoms. The monoisotopic (exact) mass is 784 g/mol. The highest BCUT2D eigenvalue weighted by atomic mass is 16.5. The average molecular weight is 785 g/mol. The van der Waals surface area contributed by atoms with Crippen LogP contribution in [0.4, 0.5) is 0 Å². The fourth-order valence-electron chi connectivity index (χ4n) is 6.83. The van der Waals surface area contributed by atoms with E-state index < -0.39 is 47.2 Å². The zero-order valence-electron chi connectivity index (χ0n) is 33.0. The van der Waals surface area contributed by atoms with Gasteiger partial charge in [-0.05, 0) is 31.1 Å². The minimum atomic E-state index is -1.45. The van der Waals surface area contributed by atoms with Gasteiger partial charge in [0.15, 0.2) is 28.2 Å². The van der Waals surface area contributed by atoms with Crippen molar-refractivity contribution in [1.29, 1.82) is 0 Å². The molecule has 0 spiro atoms. The Morgan fingerprint density at radius 3 is 1.52 bits per heavy atom. The van der Waals surface area contributed by atoms with E-state index >= 15 is 0 Å². The van der Waals surface area contributed by atoms with E-state index in [1.807, 2.05) is 91.0 Å². The SMILES string of the molecule is COC(=O)[C@]1(C)C(=O)C[C@@H](/C=C(\O)c2ccccc2)O[C@@H]1/C=C/c1ccccc1.COC(=O)[C@]1(C)C(=O)C[C@@H](CC(=O)c2ccccc2)O[C@@H]1/C=C/c1ccccc1. The van der Waals surface area contributed by atoms with Crippen molar-refractivity contribution in [3.8, 4) is 0 Å². The second-order valence-electron chi connectivity index (χ2n) is 14.4. The summed E-state index contributed by atoms with van der Waals surface area (Å²) in [6, 6.07) is 36.9. The predicted octanol–water partition coefficient (Wildman–Crippen LogP) is 8.08. The number of Topliss-reactive ketones (excluding diaryl/α,β-unsaturated/α-hetero) is 3. The molecule has 2 saturated heterocycles. The van der Waals surface area contributed by atoms with Crippen molar-refractivity contribution < 1.29 is 48.0 Å². The Morgan fingerprint density at radius 1 is 0.638 bits per heavy atom. The first-order valence-corrected chi connectivity index (χ1v) is 18.9. The van der Waals surface area contributed by atoms with Gasteiger partial charge in [0, 0.05) is 30.4 Å². The first-order chi connectivity index (χ1) is 27.9. The quantitative estimate of drug-likeness (QED) is 0.0687. The fourth-order valence-corrected chi connectivity index (χ4v) is 6.83. The molecule has 58 heavy (non-hydrogen) atoms. The van der Waals surface area contributed by atoms with E-state index in [4.69, 9.17) is 18.9 Å². The number of benzene rings is 4. The highest BCUT2D eigenvalue weighted by Crippen LogP contribution is 2.38. The summed E-state index contributed by atoms with van der Waals surface area (Å²) in [4.78, 5) is 63.3. The van der Waals surface area contributed by atoms with Gasteiger partial charge in [-0.15, -0.1) is 0 Å². The molecule has 2 aliphatic heterocycles. The number of rotatable bonds is 11. The van der Waals surface area contributed by atoms with Crippen molar-refractivity contribution in [1.82, 2.24) is 0 Å². The molecule has 6 atom stereocenters. The molecule has 0 saturated carbocycles. The van der Waals surface area contributed by atoms with Gasteiger partial charge in [-0.1, -0.05) is 146 Å². The van der Waals surface area contributed by atoms with Crippen LogP contribution in [0.5, 0.6) is 0 Å². The lowest BCUT2D eigenvalue weighted by atomic mass is 9.74. The third-order valence-corrected chi connectivity index (χ3v) is 10.4. The molecule has 4 aromatic rings. The van der Waals surface area contributed by atoms with Crippen LogP contribution in [0, 0.1) is 10.8 Å². The predicted molar refractivity (Wildman–Crippen MR) is 220 cm³/mol. The number of esters is 2. The maximum absolute atomic E-state index is 12.9. The summed E-state index contributed by atoms with van der Waals surface area (Å²) in [6.07, 6.45) is 5.62. The van der Waals surface area contributed by atoms with Gasteiger partial charge >= 0.3 is 11.9 Å². The first-order valence-electron chi connectivity index (χ1n) is 18.9. The topological polar surface area (TPSA) is 142 Å². The van der Waals surface area contributed by atoms with Gasteiger partial charge in [0.05, 0.1) is 38.6 Å². The van der Waals surface area contributed by atoms with Gasteiger partial charge in [-0.2, -0.15) is 0 Å². The number of methoxy groups -OCH3 is 2. The molecule has 4 aromatic carbocycles. The van der Waals surface area contributed by atoms with Crippen molar-refractivity contribution >= 4 is 47.2 Å². The number of carbonyl (C=O) groups excluding carboxylic acids is 5. The lowest BCUT2D eigenvalue weighted by Gasteiger charge is -2.39. The summed E-state index contributed by atoms with van der Waals surface area (Å²) >= 11 is 0. The molecular weight excluding hydrogens is 737 g/mol. The number of ether oxygens (including phenoxy) is 4. The van der Waals surface area contributed by atoms with E-state index in [1.165, 1.54) is 34.1 Å². The van der Waals surface area contributed by atoms with Crippen LogP contribution in [0.15, 0.2) is 140 Å². The molecule has 2 fully saturated rings. The molecule has 300 valence electrons. The molecular formula is C48H48O10. The maximum Gasteiger partial charge on any atom is 0.322 e. The summed E-state index contributed by atoms with van der Waals surface area (Å²) in [5.74, 6) is -1.94. The molecule has 2 heterocycles. The summed E-state index contributed by atoms with van der Waals surface area (Å²) in [5, 5.41) is 10.4. The molecule has 1 N–H and O–H groups in total. The van der Waals surface area contributed by atoms with Crippen LogP contribution >= 0.6 is 0 Å². The number of hydrogen-bond donors (Lipinski definition) is 1. The van der Waals surface area contributed by atoms with Crippen molar-refractivity contribution in [2.45, 2.75) is 57.5 Å². The zero-order chi connectivity index (χ0) is 41.7. The number of aliphatic hydroxyl groups is 1. The summed E-state index contributed by atoms with van der Waals surface area (Å²) < 4.78 is 21.9. The molecule has 0 amide bonds. The van der Waals surface area contributed by atoms with Crippen molar-refractivity contribution in [2.24, 2.45) is 10.8 Å². The van der Waals surface area contributed by atoms with E-state index in [0.29, 0.717) is 11.1 Å². The van der Waals surface area contributed by atoms with Crippen LogP contribution in [-0.4, -0.2) is 73.0 Å². The summed E-state index contributed by atoms with van der Waals surface area (Å²) in [7, 11) is 2.51. The number of aliphatic hydroxyl groups excluding tert-OH is 1. The van der Waals surface area contributed by atoms with E-state index in [-0.39, 0.29) is 42.4 Å².